The van der Waals surface area contributed by atoms with Crippen LogP contribution in [0.4, 0.5) is 0 Å². The van der Waals surface area contributed by atoms with Crippen molar-refractivity contribution in [3.63, 3.8) is 0 Å². The lowest BCUT2D eigenvalue weighted by Gasteiger charge is -2.50. The van der Waals surface area contributed by atoms with E-state index in [4.69, 9.17) is 18.9 Å². The van der Waals surface area contributed by atoms with Crippen molar-refractivity contribution in [2.45, 2.75) is 95.3 Å². The largest absolute Gasteiger partial charge is 0.390 e. The van der Waals surface area contributed by atoms with Crippen molar-refractivity contribution in [3.8, 4) is 0 Å². The van der Waals surface area contributed by atoms with E-state index in [0.717, 1.165) is 19.3 Å². The summed E-state index contributed by atoms with van der Waals surface area (Å²) >= 11 is 0. The minimum atomic E-state index is -1.28. The molecule has 0 spiro atoms. The van der Waals surface area contributed by atoms with Crippen LogP contribution in [0, 0.1) is 11.3 Å². The number of rotatable bonds is 3. The zero-order chi connectivity index (χ0) is 19.2. The summed E-state index contributed by atoms with van der Waals surface area (Å²) in [5.41, 5.74) is 0.0973. The average molecular weight is 376 g/mol. The highest BCUT2D eigenvalue weighted by Crippen LogP contribution is 2.45. The van der Waals surface area contributed by atoms with Gasteiger partial charge in [-0.2, -0.15) is 0 Å². The van der Waals surface area contributed by atoms with E-state index >= 15 is 0 Å². The maximum atomic E-state index is 10.6. The van der Waals surface area contributed by atoms with Crippen LogP contribution in [0.25, 0.3) is 0 Å². The van der Waals surface area contributed by atoms with E-state index in [0.29, 0.717) is 0 Å². The molecule has 26 heavy (non-hydrogen) atoms. The fraction of sp³-hybridized carbons (Fsp3) is 1.00. The Morgan fingerprint density at radius 1 is 0.923 bits per heavy atom. The van der Waals surface area contributed by atoms with Gasteiger partial charge in [0.15, 0.2) is 12.6 Å². The Morgan fingerprint density at radius 3 is 2.23 bits per heavy atom. The van der Waals surface area contributed by atoms with Gasteiger partial charge in [0.1, 0.15) is 24.4 Å². The van der Waals surface area contributed by atoms with Crippen molar-refractivity contribution in [1.82, 2.24) is 0 Å². The third kappa shape index (κ3) is 3.79. The normalized spacial score (nSPS) is 51.7. The van der Waals surface area contributed by atoms with E-state index in [1.54, 1.807) is 6.92 Å². The highest BCUT2D eigenvalue weighted by atomic mass is 16.7. The standard InChI is InChI=1S/C18H32O8/c1-8-15(12(20)14(22)16(23-4)24-8)26-17-13(21)11(19)9-7-18(2,3)6-5-10(9)25-17/h8-17,19-22H,5-7H2,1-4H3/t8?,9-,10?,11-,12+,13?,14?,15?,16-,17+/m1/s1. The molecule has 2 aliphatic heterocycles. The zero-order valence-corrected chi connectivity index (χ0v) is 15.8. The molecule has 0 radical (unpaired) electrons. The smallest absolute Gasteiger partial charge is 0.186 e. The van der Waals surface area contributed by atoms with Crippen LogP contribution in [-0.4, -0.2) is 82.8 Å². The van der Waals surface area contributed by atoms with Gasteiger partial charge < -0.3 is 39.4 Å². The second-order valence-electron chi connectivity index (χ2n) is 8.62. The molecule has 0 aromatic rings. The van der Waals surface area contributed by atoms with Crippen molar-refractivity contribution in [1.29, 1.82) is 0 Å². The van der Waals surface area contributed by atoms with E-state index in [2.05, 4.69) is 13.8 Å². The maximum Gasteiger partial charge on any atom is 0.186 e. The molecule has 10 atom stereocenters. The number of fused-ring (bicyclic) bond motifs is 1. The first-order chi connectivity index (χ1) is 12.1. The number of methoxy groups -OCH3 is 1. The monoisotopic (exact) mass is 376 g/mol. The summed E-state index contributed by atoms with van der Waals surface area (Å²) in [6.07, 6.45) is -6.00. The predicted molar refractivity (Wildman–Crippen MR) is 90.0 cm³/mol. The average Bonchev–Trinajstić information content (AvgIpc) is 2.59. The first-order valence-electron chi connectivity index (χ1n) is 9.36. The molecule has 2 saturated heterocycles. The number of aliphatic hydroxyl groups excluding tert-OH is 4. The SMILES string of the molecule is CO[C@@H]1OC(C)C(O[C@@H]2OC3CCC(C)(C)C[C@H]3[C@@H](O)C2O)[C@@H](O)C1O. The van der Waals surface area contributed by atoms with E-state index in [-0.39, 0.29) is 17.4 Å². The van der Waals surface area contributed by atoms with Crippen molar-refractivity contribution in [3.05, 3.63) is 0 Å². The van der Waals surface area contributed by atoms with Crippen LogP contribution >= 0.6 is 0 Å². The molecular formula is C18H32O8. The first kappa shape index (κ1) is 20.4. The summed E-state index contributed by atoms with van der Waals surface area (Å²) in [6.45, 7) is 5.98. The van der Waals surface area contributed by atoms with E-state index in [9.17, 15) is 20.4 Å². The summed E-state index contributed by atoms with van der Waals surface area (Å²) < 4.78 is 22.2. The molecule has 0 amide bonds. The lowest BCUT2D eigenvalue weighted by Crippen LogP contribution is -2.63. The third-order valence-corrected chi connectivity index (χ3v) is 6.05. The van der Waals surface area contributed by atoms with E-state index in [1.807, 2.05) is 0 Å². The molecule has 8 nitrogen and oxygen atoms in total. The quantitative estimate of drug-likeness (QED) is 0.533. The molecule has 2 heterocycles. The van der Waals surface area contributed by atoms with Crippen molar-refractivity contribution < 1.29 is 39.4 Å². The summed E-state index contributed by atoms with van der Waals surface area (Å²) in [6, 6.07) is 0. The van der Waals surface area contributed by atoms with Crippen LogP contribution < -0.4 is 0 Å². The second-order valence-corrected chi connectivity index (χ2v) is 8.62. The molecular weight excluding hydrogens is 344 g/mol. The van der Waals surface area contributed by atoms with Gasteiger partial charge in [0, 0.05) is 13.0 Å². The molecule has 3 rings (SSSR count). The number of ether oxygens (including phenoxy) is 4. The Labute approximate surface area is 154 Å². The number of hydrogen-bond acceptors (Lipinski definition) is 8. The molecule has 5 unspecified atom stereocenters. The van der Waals surface area contributed by atoms with E-state index < -0.39 is 49.2 Å². The number of aliphatic hydroxyl groups is 4. The third-order valence-electron chi connectivity index (χ3n) is 6.05. The minimum Gasteiger partial charge on any atom is -0.390 e. The predicted octanol–water partition coefficient (Wildman–Crippen LogP) is -0.242. The first-order valence-corrected chi connectivity index (χ1v) is 9.36. The highest BCUT2D eigenvalue weighted by Gasteiger charge is 2.51. The van der Waals surface area contributed by atoms with Gasteiger partial charge in [-0.25, -0.2) is 0 Å². The second kappa shape index (κ2) is 7.60. The van der Waals surface area contributed by atoms with Gasteiger partial charge in [0.2, 0.25) is 0 Å². The number of hydrogen-bond donors (Lipinski definition) is 4. The van der Waals surface area contributed by atoms with Crippen LogP contribution in [0.5, 0.6) is 0 Å². The summed E-state index contributed by atoms with van der Waals surface area (Å²) in [5, 5.41) is 41.5. The molecule has 0 aromatic heterocycles. The Kier molecular flexibility index (Phi) is 5.97. The van der Waals surface area contributed by atoms with Crippen LogP contribution in [-0.2, 0) is 18.9 Å². The van der Waals surface area contributed by atoms with Gasteiger partial charge in [0.25, 0.3) is 0 Å². The molecule has 1 saturated carbocycles. The lowest BCUT2D eigenvalue weighted by molar-refractivity contribution is -0.351. The Hall–Kier alpha value is -0.320. The lowest BCUT2D eigenvalue weighted by atomic mass is 9.67. The van der Waals surface area contributed by atoms with Crippen LogP contribution in [0.1, 0.15) is 40.0 Å². The fourth-order valence-corrected chi connectivity index (χ4v) is 4.45. The van der Waals surface area contributed by atoms with Gasteiger partial charge in [-0.15, -0.1) is 0 Å². The molecule has 152 valence electrons. The van der Waals surface area contributed by atoms with Gasteiger partial charge in [-0.05, 0) is 31.6 Å². The summed E-state index contributed by atoms with van der Waals surface area (Å²) in [7, 11) is 1.38. The summed E-state index contributed by atoms with van der Waals surface area (Å²) in [4.78, 5) is 0. The Bertz CT molecular complexity index is 484. The van der Waals surface area contributed by atoms with Gasteiger partial charge in [-0.1, -0.05) is 13.8 Å². The van der Waals surface area contributed by atoms with Gasteiger partial charge in [0.05, 0.1) is 18.3 Å². The maximum absolute atomic E-state index is 10.6. The van der Waals surface area contributed by atoms with E-state index in [1.165, 1.54) is 7.11 Å². The molecule has 3 aliphatic rings. The molecule has 1 aliphatic carbocycles. The van der Waals surface area contributed by atoms with Gasteiger partial charge >= 0.3 is 0 Å². The van der Waals surface area contributed by atoms with Crippen molar-refractivity contribution in [2.75, 3.05) is 7.11 Å². The van der Waals surface area contributed by atoms with Crippen LogP contribution in [0.2, 0.25) is 0 Å². The van der Waals surface area contributed by atoms with Crippen LogP contribution in [0.3, 0.4) is 0 Å². The Morgan fingerprint density at radius 2 is 1.58 bits per heavy atom. The van der Waals surface area contributed by atoms with Crippen molar-refractivity contribution >= 4 is 0 Å². The molecule has 8 heteroatoms. The topological polar surface area (TPSA) is 118 Å². The van der Waals surface area contributed by atoms with Crippen LogP contribution in [0.15, 0.2) is 0 Å². The molecule has 3 fully saturated rings. The fourth-order valence-electron chi connectivity index (χ4n) is 4.45. The van der Waals surface area contributed by atoms with Gasteiger partial charge in [-0.3, -0.25) is 0 Å². The molecule has 4 N–H and O–H groups in total. The minimum absolute atomic E-state index is 0.0973. The Balaban J connectivity index is 1.68. The highest BCUT2D eigenvalue weighted by molar-refractivity contribution is 4.97. The van der Waals surface area contributed by atoms with Crippen molar-refractivity contribution in [2.24, 2.45) is 11.3 Å². The molecule has 0 aromatic carbocycles. The molecule has 0 bridgehead atoms. The summed E-state index contributed by atoms with van der Waals surface area (Å²) in [5.74, 6) is -0.151. The zero-order valence-electron chi connectivity index (χ0n) is 15.8.